The van der Waals surface area contributed by atoms with Crippen LogP contribution in [0.15, 0.2) is 48.8 Å². The number of ether oxygens (including phenoxy) is 3. The number of allylic oxidation sites excluding steroid dienone is 1. The lowest BCUT2D eigenvalue weighted by Gasteiger charge is -2.25. The summed E-state index contributed by atoms with van der Waals surface area (Å²) in [5.41, 5.74) is 4.22. The van der Waals surface area contributed by atoms with E-state index in [0.717, 1.165) is 16.8 Å². The van der Waals surface area contributed by atoms with Crippen LogP contribution in [0.1, 0.15) is 22.7 Å². The Morgan fingerprint density at radius 2 is 1.64 bits per heavy atom. The van der Waals surface area contributed by atoms with Gasteiger partial charge < -0.3 is 19.5 Å². The first-order valence-corrected chi connectivity index (χ1v) is 8.90. The van der Waals surface area contributed by atoms with Crippen molar-refractivity contribution in [2.75, 3.05) is 26.6 Å². The average Bonchev–Trinajstić information content (AvgIpc) is 3.21. The number of hydrogen-bond acceptors (Lipinski definition) is 6. The van der Waals surface area contributed by atoms with E-state index in [1.807, 2.05) is 16.8 Å². The van der Waals surface area contributed by atoms with E-state index in [9.17, 15) is 0 Å². The lowest BCUT2D eigenvalue weighted by atomic mass is 10.0. The largest absolute Gasteiger partial charge is 0.493 e. The maximum Gasteiger partial charge on any atom is 0.226 e. The lowest BCUT2D eigenvalue weighted by Crippen LogP contribution is -2.20. The molecule has 2 heterocycles. The van der Waals surface area contributed by atoms with Gasteiger partial charge in [-0.2, -0.15) is 10.1 Å². The predicted molar refractivity (Wildman–Crippen MR) is 107 cm³/mol. The van der Waals surface area contributed by atoms with Crippen molar-refractivity contribution < 1.29 is 14.2 Å². The molecule has 1 N–H and O–H groups in total. The second kappa shape index (κ2) is 7.26. The van der Waals surface area contributed by atoms with Crippen molar-refractivity contribution in [1.82, 2.24) is 14.8 Å². The van der Waals surface area contributed by atoms with Crippen LogP contribution in [0, 0.1) is 6.92 Å². The Morgan fingerprint density at radius 3 is 2.25 bits per heavy atom. The normalized spacial score (nSPS) is 15.3. The first-order valence-electron chi connectivity index (χ1n) is 8.90. The van der Waals surface area contributed by atoms with Crippen molar-refractivity contribution in [2.24, 2.45) is 0 Å². The number of aromatic nitrogens is 3. The van der Waals surface area contributed by atoms with Gasteiger partial charge in [0.15, 0.2) is 11.5 Å². The number of benzene rings is 2. The summed E-state index contributed by atoms with van der Waals surface area (Å²) in [6.07, 6.45) is 3.66. The Balaban J connectivity index is 1.84. The van der Waals surface area contributed by atoms with Crippen LogP contribution in [-0.4, -0.2) is 36.1 Å². The number of nitrogens with one attached hydrogen (secondary N) is 1. The van der Waals surface area contributed by atoms with Crippen LogP contribution < -0.4 is 19.5 Å². The number of methoxy groups -OCH3 is 3. The van der Waals surface area contributed by atoms with Gasteiger partial charge in [-0.25, -0.2) is 4.68 Å². The fourth-order valence-corrected chi connectivity index (χ4v) is 3.34. The van der Waals surface area contributed by atoms with Crippen LogP contribution in [0.25, 0.3) is 5.70 Å². The molecule has 1 aliphatic rings. The SMILES string of the molecule is COc1cc(C2C=C(c3ccc(C)cc3)Nc3ncnn32)cc(OC)c1OC. The topological polar surface area (TPSA) is 70.4 Å². The molecule has 1 unspecified atom stereocenters. The van der Waals surface area contributed by atoms with E-state index in [4.69, 9.17) is 14.2 Å². The molecule has 2 aromatic carbocycles. The Kier molecular flexibility index (Phi) is 4.65. The first-order chi connectivity index (χ1) is 13.6. The summed E-state index contributed by atoms with van der Waals surface area (Å²) in [4.78, 5) is 4.36. The van der Waals surface area contributed by atoms with Gasteiger partial charge in [0.25, 0.3) is 0 Å². The Labute approximate surface area is 163 Å². The Morgan fingerprint density at radius 1 is 0.964 bits per heavy atom. The van der Waals surface area contributed by atoms with Crippen LogP contribution in [0.2, 0.25) is 0 Å². The molecule has 7 nitrogen and oxygen atoms in total. The molecular formula is C21H22N4O3. The van der Waals surface area contributed by atoms with Crippen molar-refractivity contribution in [2.45, 2.75) is 13.0 Å². The molecule has 0 spiro atoms. The van der Waals surface area contributed by atoms with Crippen LogP contribution in [0.5, 0.6) is 17.2 Å². The highest BCUT2D eigenvalue weighted by Gasteiger charge is 2.26. The number of nitrogens with zero attached hydrogens (tertiary/aromatic N) is 3. The molecule has 0 saturated carbocycles. The number of anilines is 1. The van der Waals surface area contributed by atoms with Crippen molar-refractivity contribution >= 4 is 11.6 Å². The lowest BCUT2D eigenvalue weighted by molar-refractivity contribution is 0.323. The number of fused-ring (bicyclic) bond motifs is 1. The molecule has 0 bridgehead atoms. The van der Waals surface area contributed by atoms with E-state index in [1.54, 1.807) is 27.7 Å². The van der Waals surface area contributed by atoms with Gasteiger partial charge in [0.2, 0.25) is 11.7 Å². The van der Waals surface area contributed by atoms with E-state index < -0.39 is 0 Å². The fraction of sp³-hybridized carbons (Fsp3) is 0.238. The highest BCUT2D eigenvalue weighted by atomic mass is 16.5. The second-order valence-electron chi connectivity index (χ2n) is 6.50. The van der Waals surface area contributed by atoms with Gasteiger partial charge in [-0.05, 0) is 36.3 Å². The minimum Gasteiger partial charge on any atom is -0.493 e. The maximum absolute atomic E-state index is 5.52. The summed E-state index contributed by atoms with van der Waals surface area (Å²) in [5.74, 6) is 2.44. The van der Waals surface area contributed by atoms with Crippen LogP contribution in [0.4, 0.5) is 5.95 Å². The van der Waals surface area contributed by atoms with Gasteiger partial charge in [0.1, 0.15) is 12.4 Å². The minimum absolute atomic E-state index is 0.177. The van der Waals surface area contributed by atoms with E-state index >= 15 is 0 Å². The van der Waals surface area contributed by atoms with Gasteiger partial charge >= 0.3 is 0 Å². The number of rotatable bonds is 5. The third-order valence-corrected chi connectivity index (χ3v) is 4.80. The standard InChI is InChI=1S/C21H22N4O3/c1-13-5-7-14(8-6-13)16-11-17(25-21(24-16)22-12-23-25)15-9-18(26-2)20(28-4)19(10-15)27-3/h5-12,17H,1-4H3,(H,22,23,24). The van der Waals surface area contributed by atoms with E-state index in [0.29, 0.717) is 23.2 Å². The zero-order chi connectivity index (χ0) is 19.7. The summed E-state index contributed by atoms with van der Waals surface area (Å²) >= 11 is 0. The summed E-state index contributed by atoms with van der Waals surface area (Å²) in [7, 11) is 4.81. The smallest absolute Gasteiger partial charge is 0.226 e. The molecule has 1 atom stereocenters. The van der Waals surface area contributed by atoms with Crippen molar-refractivity contribution in [3.05, 3.63) is 65.5 Å². The third kappa shape index (κ3) is 3.05. The monoisotopic (exact) mass is 378 g/mol. The first kappa shape index (κ1) is 17.9. The molecule has 28 heavy (non-hydrogen) atoms. The Hall–Kier alpha value is -3.48. The summed E-state index contributed by atoms with van der Waals surface area (Å²) in [6, 6.07) is 12.1. The maximum atomic E-state index is 5.52. The minimum atomic E-state index is -0.177. The molecule has 0 saturated heterocycles. The highest BCUT2D eigenvalue weighted by Crippen LogP contribution is 2.42. The van der Waals surface area contributed by atoms with E-state index in [1.165, 1.54) is 5.56 Å². The predicted octanol–water partition coefficient (Wildman–Crippen LogP) is 3.67. The fourth-order valence-electron chi connectivity index (χ4n) is 3.34. The second-order valence-corrected chi connectivity index (χ2v) is 6.50. The van der Waals surface area contributed by atoms with Crippen molar-refractivity contribution in [3.63, 3.8) is 0 Å². The Bertz CT molecular complexity index is 999. The van der Waals surface area contributed by atoms with E-state index in [2.05, 4.69) is 52.7 Å². The molecule has 0 aliphatic carbocycles. The third-order valence-electron chi connectivity index (χ3n) is 4.80. The zero-order valence-corrected chi connectivity index (χ0v) is 16.3. The van der Waals surface area contributed by atoms with Gasteiger partial charge in [0.05, 0.1) is 21.3 Å². The molecule has 144 valence electrons. The molecule has 0 amide bonds. The van der Waals surface area contributed by atoms with Crippen molar-refractivity contribution in [1.29, 1.82) is 0 Å². The average molecular weight is 378 g/mol. The van der Waals surface area contributed by atoms with Crippen LogP contribution in [0.3, 0.4) is 0 Å². The molecule has 3 aromatic rings. The summed E-state index contributed by atoms with van der Waals surface area (Å²) < 4.78 is 18.3. The van der Waals surface area contributed by atoms with Crippen molar-refractivity contribution in [3.8, 4) is 17.2 Å². The van der Waals surface area contributed by atoms with Gasteiger partial charge in [-0.1, -0.05) is 29.8 Å². The van der Waals surface area contributed by atoms with Gasteiger partial charge in [-0.15, -0.1) is 0 Å². The summed E-state index contributed by atoms with van der Waals surface area (Å²) in [6.45, 7) is 2.07. The molecule has 1 aliphatic heterocycles. The zero-order valence-electron chi connectivity index (χ0n) is 16.3. The quantitative estimate of drug-likeness (QED) is 0.731. The van der Waals surface area contributed by atoms with Gasteiger partial charge in [0, 0.05) is 5.70 Å². The molecule has 0 radical (unpaired) electrons. The molecule has 7 heteroatoms. The van der Waals surface area contributed by atoms with Gasteiger partial charge in [-0.3, -0.25) is 0 Å². The molecule has 1 aromatic heterocycles. The molecule has 4 rings (SSSR count). The molecule has 0 fully saturated rings. The van der Waals surface area contributed by atoms with Crippen LogP contribution >= 0.6 is 0 Å². The number of hydrogen-bond donors (Lipinski definition) is 1. The highest BCUT2D eigenvalue weighted by molar-refractivity contribution is 5.77. The van der Waals surface area contributed by atoms with E-state index in [-0.39, 0.29) is 6.04 Å². The molecular weight excluding hydrogens is 356 g/mol. The van der Waals surface area contributed by atoms with Crippen LogP contribution in [-0.2, 0) is 0 Å². The summed E-state index contributed by atoms with van der Waals surface area (Å²) in [5, 5.41) is 7.75. The number of aryl methyl sites for hydroxylation is 1.